The summed E-state index contributed by atoms with van der Waals surface area (Å²) >= 11 is 0. The second-order valence-electron chi connectivity index (χ2n) is 6.93. The van der Waals surface area contributed by atoms with Gasteiger partial charge in [-0.25, -0.2) is 4.79 Å². The van der Waals surface area contributed by atoms with Crippen molar-refractivity contribution in [2.24, 2.45) is 0 Å². The molecule has 0 unspecified atom stereocenters. The Kier molecular flexibility index (Phi) is 8.67. The van der Waals surface area contributed by atoms with E-state index in [1.54, 1.807) is 0 Å². The zero-order valence-corrected chi connectivity index (χ0v) is 16.4. The number of carbonyl (C=O) groups is 2. The smallest absolute Gasteiger partial charge is 0.364 e. The molecular formula is C19H27NO10. The fraction of sp³-hybridized carbons (Fsp3) is 0.579. The van der Waals surface area contributed by atoms with Crippen LogP contribution in [0.3, 0.4) is 0 Å². The van der Waals surface area contributed by atoms with E-state index in [1.165, 1.54) is 0 Å². The van der Waals surface area contributed by atoms with Gasteiger partial charge in [0.1, 0.15) is 24.9 Å². The second-order valence-corrected chi connectivity index (χ2v) is 6.93. The number of nitrogens with one attached hydrogen (secondary N) is 1. The molecule has 30 heavy (non-hydrogen) atoms. The van der Waals surface area contributed by atoms with E-state index in [9.17, 15) is 30.0 Å². The van der Waals surface area contributed by atoms with E-state index in [4.69, 9.17) is 19.3 Å². The zero-order valence-electron chi connectivity index (χ0n) is 16.4. The largest absolute Gasteiger partial charge is 0.477 e. The minimum absolute atomic E-state index is 0.166. The summed E-state index contributed by atoms with van der Waals surface area (Å²) in [5.74, 6) is -4.52. The Morgan fingerprint density at radius 2 is 1.97 bits per heavy atom. The third-order valence-electron chi connectivity index (χ3n) is 4.82. The van der Waals surface area contributed by atoms with Gasteiger partial charge in [-0.1, -0.05) is 30.3 Å². The first kappa shape index (κ1) is 24.2. The van der Waals surface area contributed by atoms with Crippen molar-refractivity contribution >= 4 is 11.9 Å². The first-order chi connectivity index (χ1) is 14.2. The van der Waals surface area contributed by atoms with Gasteiger partial charge in [0.2, 0.25) is 5.91 Å². The second kappa shape index (κ2) is 10.8. The monoisotopic (exact) mass is 429 g/mol. The van der Waals surface area contributed by atoms with Gasteiger partial charge in [-0.2, -0.15) is 0 Å². The molecule has 1 amide bonds. The number of amides is 1. The summed E-state index contributed by atoms with van der Waals surface area (Å²) in [4.78, 5) is 23.9. The molecule has 1 aliphatic heterocycles. The average Bonchev–Trinajstić information content (AvgIpc) is 2.74. The quantitative estimate of drug-likeness (QED) is 0.243. The molecule has 1 aliphatic rings. The molecule has 1 aromatic rings. The maximum absolute atomic E-state index is 12.3. The van der Waals surface area contributed by atoms with Crippen molar-refractivity contribution in [2.45, 2.75) is 49.3 Å². The highest BCUT2D eigenvalue weighted by atomic mass is 16.7. The number of carboxylic acid groups (broad SMARTS) is 1. The number of aliphatic hydroxyl groups is 4. The Hall–Kier alpha value is -2.12. The van der Waals surface area contributed by atoms with Crippen LogP contribution >= 0.6 is 0 Å². The fourth-order valence-electron chi connectivity index (χ4n) is 3.17. The van der Waals surface area contributed by atoms with Gasteiger partial charge in [0.25, 0.3) is 5.79 Å². The van der Waals surface area contributed by atoms with Gasteiger partial charge >= 0.3 is 5.97 Å². The van der Waals surface area contributed by atoms with E-state index < -0.39 is 61.1 Å². The van der Waals surface area contributed by atoms with Crippen LogP contribution < -0.4 is 5.32 Å². The molecule has 0 aromatic heterocycles. The fourth-order valence-corrected chi connectivity index (χ4v) is 3.17. The summed E-state index contributed by atoms with van der Waals surface area (Å²) < 4.78 is 15.6. The lowest BCUT2D eigenvalue weighted by atomic mass is 9.88. The summed E-state index contributed by atoms with van der Waals surface area (Å²) in [6.07, 6.45) is -7.18. The first-order valence-corrected chi connectivity index (χ1v) is 9.26. The molecular weight excluding hydrogens is 402 g/mol. The van der Waals surface area contributed by atoms with Crippen LogP contribution in [-0.2, 0) is 30.4 Å². The molecule has 1 fully saturated rings. The van der Waals surface area contributed by atoms with Crippen LogP contribution in [0.2, 0.25) is 0 Å². The van der Waals surface area contributed by atoms with E-state index in [1.807, 2.05) is 30.3 Å². The summed E-state index contributed by atoms with van der Waals surface area (Å²) in [5.41, 5.74) is 0.844. The molecule has 168 valence electrons. The molecule has 0 saturated carbocycles. The molecule has 0 bridgehead atoms. The third kappa shape index (κ3) is 5.73. The summed E-state index contributed by atoms with van der Waals surface area (Å²) in [5, 5.41) is 51.5. The van der Waals surface area contributed by atoms with Crippen LogP contribution in [0.25, 0.3) is 0 Å². The lowest BCUT2D eigenvalue weighted by Crippen LogP contribution is -2.68. The number of methoxy groups -OCH3 is 1. The number of rotatable bonds is 10. The number of carbonyl (C=O) groups excluding carboxylic acids is 1. The van der Waals surface area contributed by atoms with Crippen molar-refractivity contribution < 1.29 is 49.3 Å². The molecule has 1 aromatic carbocycles. The minimum atomic E-state index is -2.30. The molecule has 11 heteroatoms. The predicted octanol–water partition coefficient (Wildman–Crippen LogP) is -2.02. The number of hydrogen-bond donors (Lipinski definition) is 6. The van der Waals surface area contributed by atoms with Gasteiger partial charge in [0, 0.05) is 13.5 Å². The molecule has 0 spiro atoms. The summed E-state index contributed by atoms with van der Waals surface area (Å²) in [7, 11) is 1.04. The van der Waals surface area contributed by atoms with Crippen LogP contribution in [0.1, 0.15) is 12.0 Å². The maximum atomic E-state index is 12.3. The summed E-state index contributed by atoms with van der Waals surface area (Å²) in [6.45, 7) is -1.07. The first-order valence-electron chi connectivity index (χ1n) is 9.26. The minimum Gasteiger partial charge on any atom is -0.477 e. The SMILES string of the molecule is CO[C@]1(C(=O)O)C[C@H](O)[C@@H](NC(=O)COCc2ccccc2)[C@H]([C@H](O)[C@H](O)CO)O1. The van der Waals surface area contributed by atoms with Crippen LogP contribution in [0.4, 0.5) is 0 Å². The Morgan fingerprint density at radius 1 is 1.30 bits per heavy atom. The highest BCUT2D eigenvalue weighted by Crippen LogP contribution is 2.32. The van der Waals surface area contributed by atoms with Gasteiger partial charge in [-0.05, 0) is 5.56 Å². The van der Waals surface area contributed by atoms with E-state index in [-0.39, 0.29) is 13.2 Å². The highest BCUT2D eigenvalue weighted by molar-refractivity contribution is 5.78. The third-order valence-corrected chi connectivity index (χ3v) is 4.82. The average molecular weight is 429 g/mol. The number of carboxylic acids is 1. The molecule has 0 radical (unpaired) electrons. The van der Waals surface area contributed by atoms with Gasteiger partial charge in [-0.15, -0.1) is 0 Å². The standard InChI is InChI=1S/C19H27NO10/c1-28-19(18(26)27)7-12(22)15(17(30-19)16(25)13(23)8-21)20-14(24)10-29-9-11-5-3-2-4-6-11/h2-6,12-13,15-17,21-23,25H,7-10H2,1H3,(H,20,24)(H,26,27)/t12-,13+,15+,16+,17+,19+/m0/s1. The Balaban J connectivity index is 2.08. The van der Waals surface area contributed by atoms with Gasteiger partial charge in [-0.3, -0.25) is 4.79 Å². The molecule has 0 aliphatic carbocycles. The molecule has 1 heterocycles. The Morgan fingerprint density at radius 3 is 2.53 bits per heavy atom. The van der Waals surface area contributed by atoms with Crippen LogP contribution in [0.15, 0.2) is 30.3 Å². The summed E-state index contributed by atoms with van der Waals surface area (Å²) in [6, 6.07) is 7.81. The lowest BCUT2D eigenvalue weighted by Gasteiger charge is -2.46. The van der Waals surface area contributed by atoms with Gasteiger partial charge < -0.3 is 45.1 Å². The van der Waals surface area contributed by atoms with Crippen molar-refractivity contribution in [3.63, 3.8) is 0 Å². The van der Waals surface area contributed by atoms with Gasteiger partial charge in [0.05, 0.1) is 25.4 Å². The molecule has 6 N–H and O–H groups in total. The maximum Gasteiger partial charge on any atom is 0.364 e. The van der Waals surface area contributed by atoms with E-state index in [0.717, 1.165) is 12.7 Å². The number of ether oxygens (including phenoxy) is 3. The number of benzene rings is 1. The highest BCUT2D eigenvalue weighted by Gasteiger charge is 2.55. The Labute approximate surface area is 172 Å². The predicted molar refractivity (Wildman–Crippen MR) is 100 cm³/mol. The van der Waals surface area contributed by atoms with Crippen molar-refractivity contribution in [3.8, 4) is 0 Å². The normalized spacial score (nSPS) is 28.5. The van der Waals surface area contributed by atoms with Crippen molar-refractivity contribution in [1.29, 1.82) is 0 Å². The Bertz CT molecular complexity index is 702. The van der Waals surface area contributed by atoms with Gasteiger partial charge in [0.15, 0.2) is 0 Å². The topological polar surface area (TPSA) is 175 Å². The lowest BCUT2D eigenvalue weighted by molar-refractivity contribution is -0.303. The van der Waals surface area contributed by atoms with Crippen LogP contribution in [-0.4, -0.2) is 94.0 Å². The van der Waals surface area contributed by atoms with Crippen molar-refractivity contribution in [3.05, 3.63) is 35.9 Å². The number of hydrogen-bond acceptors (Lipinski definition) is 9. The van der Waals surface area contributed by atoms with E-state index >= 15 is 0 Å². The van der Waals surface area contributed by atoms with E-state index in [2.05, 4.69) is 5.32 Å². The molecule has 1 saturated heterocycles. The molecule has 6 atom stereocenters. The number of aliphatic hydroxyl groups excluding tert-OH is 4. The van der Waals surface area contributed by atoms with Crippen LogP contribution in [0.5, 0.6) is 0 Å². The van der Waals surface area contributed by atoms with Crippen LogP contribution in [0, 0.1) is 0 Å². The molecule has 11 nitrogen and oxygen atoms in total. The van der Waals surface area contributed by atoms with Crippen molar-refractivity contribution in [1.82, 2.24) is 5.32 Å². The zero-order chi connectivity index (χ0) is 22.3. The number of aliphatic carboxylic acids is 1. The molecule has 2 rings (SSSR count). The van der Waals surface area contributed by atoms with E-state index in [0.29, 0.717) is 0 Å². The van der Waals surface area contributed by atoms with Crippen molar-refractivity contribution in [2.75, 3.05) is 20.3 Å².